The number of ketones is 1. The van der Waals surface area contributed by atoms with Crippen LogP contribution in [0.3, 0.4) is 0 Å². The molecule has 0 fully saturated rings. The second-order valence-electron chi connectivity index (χ2n) is 6.84. The minimum atomic E-state index is -4.46. The van der Waals surface area contributed by atoms with Crippen LogP contribution >= 0.6 is 0 Å². The minimum absolute atomic E-state index is 0.171. The summed E-state index contributed by atoms with van der Waals surface area (Å²) in [5, 5.41) is 11.3. The molecule has 3 aromatic rings. The first-order valence-corrected chi connectivity index (χ1v) is 11.2. The van der Waals surface area contributed by atoms with Gasteiger partial charge in [0, 0.05) is 18.6 Å². The molecule has 0 spiro atoms. The third-order valence-electron chi connectivity index (χ3n) is 4.52. The first-order valence-electron chi connectivity index (χ1n) is 9.67. The molecule has 3 aromatic carbocycles. The molecule has 0 bridgehead atoms. The molecule has 174 valence electrons. The number of Topliss-reactive ketones (excluding diaryl/α,β-unsaturated/α-hetero) is 1. The first-order chi connectivity index (χ1) is 16.1. The summed E-state index contributed by atoms with van der Waals surface area (Å²) in [6, 6.07) is 15.4. The van der Waals surface area contributed by atoms with Gasteiger partial charge in [-0.05, 0) is 42.5 Å². The lowest BCUT2D eigenvalue weighted by Gasteiger charge is -2.11. The highest BCUT2D eigenvalue weighted by Crippen LogP contribution is 2.31. The van der Waals surface area contributed by atoms with Crippen molar-refractivity contribution in [2.45, 2.75) is 16.7 Å². The molecule has 3 rings (SSSR count). The van der Waals surface area contributed by atoms with Crippen LogP contribution in [0.4, 0.5) is 5.69 Å². The Balaban J connectivity index is 1.82. The van der Waals surface area contributed by atoms with Gasteiger partial charge in [0.2, 0.25) is 9.84 Å². The Kier molecular flexibility index (Phi) is 7.17. The topological polar surface area (TPSA) is 147 Å². The van der Waals surface area contributed by atoms with E-state index in [2.05, 4.69) is 0 Å². The summed E-state index contributed by atoms with van der Waals surface area (Å²) in [6.45, 7) is 0.540. The third kappa shape index (κ3) is 5.33. The van der Waals surface area contributed by atoms with Crippen LogP contribution in [-0.2, 0) is 19.4 Å². The molecule has 0 aliphatic heterocycles. The average Bonchev–Trinajstić information content (AvgIpc) is 2.82. The zero-order valence-electron chi connectivity index (χ0n) is 17.7. The van der Waals surface area contributed by atoms with Crippen LogP contribution in [0.2, 0.25) is 0 Å². The fourth-order valence-corrected chi connectivity index (χ4v) is 4.60. The van der Waals surface area contributed by atoms with Gasteiger partial charge < -0.3 is 9.47 Å². The molecule has 10 nitrogen and oxygen atoms in total. The Morgan fingerprint density at radius 1 is 0.882 bits per heavy atom. The number of benzene rings is 3. The molecule has 0 amide bonds. The number of hydrogen-bond donors (Lipinski definition) is 0. The van der Waals surface area contributed by atoms with E-state index in [-0.39, 0.29) is 16.9 Å². The second kappa shape index (κ2) is 10.0. The average molecular weight is 483 g/mol. The number of carbonyl (C=O) groups excluding carboxylic acids is 3. The molecule has 0 heterocycles. The van der Waals surface area contributed by atoms with E-state index in [0.29, 0.717) is 0 Å². The minimum Gasteiger partial charge on any atom is -0.454 e. The summed E-state index contributed by atoms with van der Waals surface area (Å²) in [5.41, 5.74) is -0.846. The van der Waals surface area contributed by atoms with Crippen molar-refractivity contribution in [3.63, 3.8) is 0 Å². The molecule has 0 aliphatic carbocycles. The summed E-state index contributed by atoms with van der Waals surface area (Å²) in [6.07, 6.45) is 0. The summed E-state index contributed by atoms with van der Waals surface area (Å²) < 4.78 is 36.2. The number of carbonyl (C=O) groups is 3. The van der Waals surface area contributed by atoms with Crippen LogP contribution in [0.5, 0.6) is 5.75 Å². The van der Waals surface area contributed by atoms with E-state index >= 15 is 0 Å². The monoisotopic (exact) mass is 483 g/mol. The van der Waals surface area contributed by atoms with Gasteiger partial charge in [-0.2, -0.15) is 0 Å². The number of para-hydroxylation sites is 1. The number of nitrogens with zero attached hydrogens (tertiary/aromatic N) is 1. The fourth-order valence-electron chi connectivity index (χ4n) is 2.99. The Labute approximate surface area is 193 Å². The number of hydrogen-bond acceptors (Lipinski definition) is 9. The molecular weight excluding hydrogens is 466 g/mol. The summed E-state index contributed by atoms with van der Waals surface area (Å²) in [5.74, 6) is -1.97. The van der Waals surface area contributed by atoms with Gasteiger partial charge in [0.1, 0.15) is 10.6 Å². The van der Waals surface area contributed by atoms with E-state index in [4.69, 9.17) is 9.47 Å². The lowest BCUT2D eigenvalue weighted by molar-refractivity contribution is -0.387. The summed E-state index contributed by atoms with van der Waals surface area (Å²) in [4.78, 5) is 45.3. The van der Waals surface area contributed by atoms with Gasteiger partial charge in [0.05, 0.1) is 15.4 Å². The first kappa shape index (κ1) is 24.3. The van der Waals surface area contributed by atoms with Crippen LogP contribution in [0.25, 0.3) is 0 Å². The maximum absolute atomic E-state index is 13.1. The van der Waals surface area contributed by atoms with E-state index in [1.165, 1.54) is 61.5 Å². The van der Waals surface area contributed by atoms with Crippen molar-refractivity contribution < 1.29 is 37.2 Å². The molecular formula is C23H17NO9S. The van der Waals surface area contributed by atoms with Crippen molar-refractivity contribution in [3.8, 4) is 5.75 Å². The predicted octanol–water partition coefficient (Wildman–Crippen LogP) is 3.39. The van der Waals surface area contributed by atoms with Gasteiger partial charge >= 0.3 is 11.9 Å². The molecule has 0 radical (unpaired) electrons. The number of rotatable bonds is 8. The van der Waals surface area contributed by atoms with Crippen molar-refractivity contribution >= 4 is 33.2 Å². The molecule has 0 saturated heterocycles. The lowest BCUT2D eigenvalue weighted by atomic mass is 10.1. The van der Waals surface area contributed by atoms with E-state index < -0.39 is 54.6 Å². The van der Waals surface area contributed by atoms with E-state index in [1.54, 1.807) is 0 Å². The van der Waals surface area contributed by atoms with Gasteiger partial charge in [-0.1, -0.05) is 24.3 Å². The van der Waals surface area contributed by atoms with Gasteiger partial charge in [-0.25, -0.2) is 13.2 Å². The number of esters is 2. The second-order valence-corrected chi connectivity index (χ2v) is 8.73. The molecule has 0 aliphatic rings. The number of nitro groups is 1. The molecule has 0 saturated carbocycles. The number of nitro benzene ring substituents is 1. The van der Waals surface area contributed by atoms with Gasteiger partial charge in [0.15, 0.2) is 12.4 Å². The molecule has 0 aromatic heterocycles. The van der Waals surface area contributed by atoms with Gasteiger partial charge in [-0.3, -0.25) is 19.7 Å². The quantitative estimate of drug-likeness (QED) is 0.155. The zero-order chi connectivity index (χ0) is 24.9. The SMILES string of the molecule is CC(=O)Oc1ccc(C(=O)COC(=O)c2ccccc2S(=O)(=O)c2ccccc2[N+](=O)[O-])cc1. The Morgan fingerprint density at radius 2 is 1.47 bits per heavy atom. The van der Waals surface area contributed by atoms with Crippen molar-refractivity contribution in [2.75, 3.05) is 6.61 Å². The Morgan fingerprint density at radius 3 is 2.09 bits per heavy atom. The lowest BCUT2D eigenvalue weighted by Crippen LogP contribution is -2.17. The highest BCUT2D eigenvalue weighted by molar-refractivity contribution is 7.91. The van der Waals surface area contributed by atoms with Crippen LogP contribution in [0.1, 0.15) is 27.6 Å². The third-order valence-corrected chi connectivity index (χ3v) is 6.38. The standard InChI is InChI=1S/C23H17NO9S/c1-15(25)33-17-12-10-16(11-13-17)20(26)14-32-23(27)18-6-2-4-8-21(18)34(30,31)22-9-5-3-7-19(22)24(28)29/h2-13H,14H2,1H3. The number of ether oxygens (including phenoxy) is 2. The zero-order valence-corrected chi connectivity index (χ0v) is 18.5. The molecule has 0 atom stereocenters. The van der Waals surface area contributed by atoms with E-state index in [0.717, 1.165) is 18.2 Å². The van der Waals surface area contributed by atoms with Crippen LogP contribution in [-0.4, -0.2) is 37.7 Å². The molecule has 34 heavy (non-hydrogen) atoms. The van der Waals surface area contributed by atoms with Crippen LogP contribution < -0.4 is 4.74 Å². The van der Waals surface area contributed by atoms with Crippen molar-refractivity contribution in [1.29, 1.82) is 0 Å². The smallest absolute Gasteiger partial charge is 0.339 e. The molecule has 0 unspecified atom stereocenters. The maximum atomic E-state index is 13.1. The Bertz CT molecular complexity index is 1380. The number of sulfone groups is 1. The summed E-state index contributed by atoms with van der Waals surface area (Å²) in [7, 11) is -4.46. The largest absolute Gasteiger partial charge is 0.454 e. The highest BCUT2D eigenvalue weighted by Gasteiger charge is 2.31. The van der Waals surface area contributed by atoms with Crippen molar-refractivity contribution in [2.24, 2.45) is 0 Å². The van der Waals surface area contributed by atoms with E-state index in [9.17, 15) is 32.9 Å². The van der Waals surface area contributed by atoms with Gasteiger partial charge in [-0.15, -0.1) is 0 Å². The van der Waals surface area contributed by atoms with Crippen LogP contribution in [0, 0.1) is 10.1 Å². The molecule has 11 heteroatoms. The maximum Gasteiger partial charge on any atom is 0.339 e. The Hall–Kier alpha value is -4.38. The molecule has 0 N–H and O–H groups in total. The van der Waals surface area contributed by atoms with Gasteiger partial charge in [0.25, 0.3) is 5.69 Å². The van der Waals surface area contributed by atoms with E-state index in [1.807, 2.05) is 0 Å². The van der Waals surface area contributed by atoms with Crippen molar-refractivity contribution in [1.82, 2.24) is 0 Å². The van der Waals surface area contributed by atoms with Crippen LogP contribution in [0.15, 0.2) is 82.6 Å². The summed E-state index contributed by atoms with van der Waals surface area (Å²) >= 11 is 0. The highest BCUT2D eigenvalue weighted by atomic mass is 32.2. The normalized spacial score (nSPS) is 10.9. The predicted molar refractivity (Wildman–Crippen MR) is 117 cm³/mol. The fraction of sp³-hybridized carbons (Fsp3) is 0.0870. The van der Waals surface area contributed by atoms with Crippen molar-refractivity contribution in [3.05, 3.63) is 94.0 Å².